The van der Waals surface area contributed by atoms with Gasteiger partial charge in [-0.2, -0.15) is 0 Å². The fourth-order valence-electron chi connectivity index (χ4n) is 8.37. The molecule has 0 aromatic carbocycles. The Morgan fingerprint density at radius 1 is 1.13 bits per heavy atom. The van der Waals surface area contributed by atoms with Crippen LogP contribution in [0.2, 0.25) is 0 Å². The molecule has 10 nitrogen and oxygen atoms in total. The highest BCUT2D eigenvalue weighted by Gasteiger charge is 2.71. The van der Waals surface area contributed by atoms with E-state index in [-0.39, 0.29) is 23.5 Å². The maximum atomic E-state index is 14.0. The lowest BCUT2D eigenvalue weighted by Crippen LogP contribution is -2.73. The molecular weight excluding hydrogens is 496 g/mol. The summed E-state index contributed by atoms with van der Waals surface area (Å²) in [5.74, 6) is -1.37. The number of hydrogen-bond acceptors (Lipinski definition) is 10. The fourth-order valence-corrected chi connectivity index (χ4v) is 8.37. The van der Waals surface area contributed by atoms with Gasteiger partial charge in [-0.1, -0.05) is 26.8 Å². The third kappa shape index (κ3) is 4.66. The zero-order valence-electron chi connectivity index (χ0n) is 23.3. The van der Waals surface area contributed by atoms with Gasteiger partial charge in [0.1, 0.15) is 36.3 Å². The van der Waals surface area contributed by atoms with Crippen molar-refractivity contribution in [3.05, 3.63) is 12.7 Å². The van der Waals surface area contributed by atoms with E-state index < -0.39 is 78.0 Å². The van der Waals surface area contributed by atoms with Crippen LogP contribution in [0.1, 0.15) is 67.2 Å². The van der Waals surface area contributed by atoms with Crippen molar-refractivity contribution in [2.24, 2.45) is 22.7 Å². The minimum absolute atomic E-state index is 0.00460. The van der Waals surface area contributed by atoms with E-state index in [2.05, 4.69) is 20.4 Å². The molecule has 2 aliphatic heterocycles. The van der Waals surface area contributed by atoms with Gasteiger partial charge in [0, 0.05) is 31.1 Å². The number of ether oxygens (including phenoxy) is 4. The predicted molar refractivity (Wildman–Crippen MR) is 135 cm³/mol. The molecule has 0 aromatic rings. The SMILES string of the molecule is C=CC1(C)CC(=O)C2C(C)(CC(OC(C)=O)C3C(C)(C)CCC(OC4OC(CO)C(O)C(O)C4O)C32C)O1. The summed E-state index contributed by atoms with van der Waals surface area (Å²) in [6, 6.07) is 0. The fraction of sp³-hybridized carbons (Fsp3) is 0.857. The molecule has 2 aliphatic carbocycles. The van der Waals surface area contributed by atoms with Gasteiger partial charge in [-0.15, -0.1) is 6.58 Å². The van der Waals surface area contributed by atoms with Gasteiger partial charge in [-0.25, -0.2) is 0 Å². The van der Waals surface area contributed by atoms with Gasteiger partial charge in [-0.05, 0) is 32.1 Å². The summed E-state index contributed by atoms with van der Waals surface area (Å²) >= 11 is 0. The minimum Gasteiger partial charge on any atom is -0.462 e. The Labute approximate surface area is 224 Å². The van der Waals surface area contributed by atoms with Gasteiger partial charge in [0.25, 0.3) is 0 Å². The van der Waals surface area contributed by atoms with E-state index in [9.17, 15) is 30.0 Å². The molecule has 12 unspecified atom stereocenters. The first-order valence-electron chi connectivity index (χ1n) is 13.5. The van der Waals surface area contributed by atoms with E-state index in [1.54, 1.807) is 6.08 Å². The molecule has 2 saturated heterocycles. The van der Waals surface area contributed by atoms with E-state index in [0.29, 0.717) is 19.3 Å². The number of ketones is 1. The Balaban J connectivity index is 1.80. The number of hydrogen-bond donors (Lipinski definition) is 4. The van der Waals surface area contributed by atoms with Gasteiger partial charge in [-0.3, -0.25) is 9.59 Å². The van der Waals surface area contributed by atoms with E-state index in [0.717, 1.165) is 0 Å². The first kappa shape index (κ1) is 29.6. The molecule has 0 bridgehead atoms. The zero-order chi connectivity index (χ0) is 28.4. The molecule has 0 amide bonds. The second-order valence-corrected chi connectivity index (χ2v) is 13.1. The van der Waals surface area contributed by atoms with Crippen LogP contribution < -0.4 is 0 Å². The first-order valence-corrected chi connectivity index (χ1v) is 13.5. The molecule has 4 aliphatic rings. The van der Waals surface area contributed by atoms with Gasteiger partial charge in [0.05, 0.1) is 29.8 Å². The lowest BCUT2D eigenvalue weighted by atomic mass is 9.42. The summed E-state index contributed by atoms with van der Waals surface area (Å²) in [6.07, 6.45) is -5.13. The van der Waals surface area contributed by atoms with Gasteiger partial charge < -0.3 is 39.4 Å². The van der Waals surface area contributed by atoms with Crippen LogP contribution >= 0.6 is 0 Å². The number of esters is 1. The van der Waals surface area contributed by atoms with Crippen molar-refractivity contribution < 1.29 is 49.0 Å². The van der Waals surface area contributed by atoms with Gasteiger partial charge in [0.2, 0.25) is 0 Å². The molecule has 4 fully saturated rings. The molecule has 2 saturated carbocycles. The molecule has 4 rings (SSSR count). The maximum absolute atomic E-state index is 14.0. The summed E-state index contributed by atoms with van der Waals surface area (Å²) in [5, 5.41) is 41.0. The summed E-state index contributed by atoms with van der Waals surface area (Å²) in [4.78, 5) is 26.3. The molecule has 2 heterocycles. The summed E-state index contributed by atoms with van der Waals surface area (Å²) in [7, 11) is 0. The maximum Gasteiger partial charge on any atom is 0.302 e. The average Bonchev–Trinajstić information content (AvgIpc) is 2.79. The number of aliphatic hydroxyl groups excluding tert-OH is 4. The Kier molecular flexibility index (Phi) is 7.71. The van der Waals surface area contributed by atoms with E-state index in [1.165, 1.54) is 6.92 Å². The zero-order valence-corrected chi connectivity index (χ0v) is 23.3. The van der Waals surface area contributed by atoms with Crippen LogP contribution in [-0.2, 0) is 28.5 Å². The number of Topliss-reactive ketones (excluding diaryl/α,β-unsaturated/α-hetero) is 1. The van der Waals surface area contributed by atoms with Crippen LogP contribution in [0, 0.1) is 22.7 Å². The molecule has 216 valence electrons. The topological polar surface area (TPSA) is 152 Å². The molecule has 38 heavy (non-hydrogen) atoms. The van der Waals surface area contributed by atoms with Crippen molar-refractivity contribution in [3.8, 4) is 0 Å². The van der Waals surface area contributed by atoms with Crippen LogP contribution in [0.4, 0.5) is 0 Å². The van der Waals surface area contributed by atoms with Crippen LogP contribution in [0.15, 0.2) is 12.7 Å². The minimum atomic E-state index is -1.59. The van der Waals surface area contributed by atoms with Crippen molar-refractivity contribution in [2.75, 3.05) is 6.61 Å². The van der Waals surface area contributed by atoms with Crippen LogP contribution in [0.5, 0.6) is 0 Å². The quantitative estimate of drug-likeness (QED) is 0.296. The Hall–Kier alpha value is -1.40. The molecule has 0 radical (unpaired) electrons. The Morgan fingerprint density at radius 3 is 2.37 bits per heavy atom. The van der Waals surface area contributed by atoms with Gasteiger partial charge >= 0.3 is 5.97 Å². The standard InChI is InChI=1S/C28H44O10/c1-8-26(5)11-15(31)22-27(6,38-26)12-16(35-14(2)30)23-25(3,4)10-9-18(28(22,23)7)37-24-21(34)20(33)19(32)17(13-29)36-24/h8,16-24,29,32-34H,1,9-13H2,2-7H3. The third-order valence-electron chi connectivity index (χ3n) is 9.68. The van der Waals surface area contributed by atoms with Crippen molar-refractivity contribution in [2.45, 2.75) is 121 Å². The van der Waals surface area contributed by atoms with Crippen LogP contribution in [-0.4, -0.2) is 92.9 Å². The van der Waals surface area contributed by atoms with Gasteiger partial charge in [0.15, 0.2) is 6.29 Å². The highest BCUT2D eigenvalue weighted by Crippen LogP contribution is 2.66. The predicted octanol–water partition coefficient (Wildman–Crippen LogP) is 1.26. The Bertz CT molecular complexity index is 950. The number of aliphatic hydroxyl groups is 4. The van der Waals surface area contributed by atoms with Crippen LogP contribution in [0.25, 0.3) is 0 Å². The molecule has 0 spiro atoms. The highest BCUT2D eigenvalue weighted by atomic mass is 16.7. The molecular formula is C28H44O10. The molecule has 0 aromatic heterocycles. The van der Waals surface area contributed by atoms with E-state index in [4.69, 9.17) is 18.9 Å². The lowest BCUT2D eigenvalue weighted by Gasteiger charge is -2.67. The summed E-state index contributed by atoms with van der Waals surface area (Å²) in [5.41, 5.74) is -3.16. The lowest BCUT2D eigenvalue weighted by molar-refractivity contribution is -0.346. The average molecular weight is 541 g/mol. The first-order chi connectivity index (χ1) is 17.5. The van der Waals surface area contributed by atoms with E-state index in [1.807, 2.05) is 20.8 Å². The highest BCUT2D eigenvalue weighted by molar-refractivity contribution is 5.85. The van der Waals surface area contributed by atoms with Crippen molar-refractivity contribution in [1.82, 2.24) is 0 Å². The summed E-state index contributed by atoms with van der Waals surface area (Å²) < 4.78 is 24.7. The molecule has 4 N–H and O–H groups in total. The number of fused-ring (bicyclic) bond motifs is 3. The molecule has 10 heteroatoms. The second kappa shape index (κ2) is 9.90. The number of carbonyl (C=O) groups excluding carboxylic acids is 2. The summed E-state index contributed by atoms with van der Waals surface area (Å²) in [6.45, 7) is 14.5. The molecule has 12 atom stereocenters. The third-order valence-corrected chi connectivity index (χ3v) is 9.68. The smallest absolute Gasteiger partial charge is 0.302 e. The van der Waals surface area contributed by atoms with Crippen molar-refractivity contribution >= 4 is 11.8 Å². The van der Waals surface area contributed by atoms with E-state index >= 15 is 0 Å². The second-order valence-electron chi connectivity index (χ2n) is 13.1. The van der Waals surface area contributed by atoms with Crippen molar-refractivity contribution in [1.29, 1.82) is 0 Å². The number of rotatable bonds is 5. The van der Waals surface area contributed by atoms with Crippen LogP contribution in [0.3, 0.4) is 0 Å². The van der Waals surface area contributed by atoms with Crippen molar-refractivity contribution in [3.63, 3.8) is 0 Å². The monoisotopic (exact) mass is 540 g/mol. The normalized spacial score (nSPS) is 50.5. The largest absolute Gasteiger partial charge is 0.462 e. The number of carbonyl (C=O) groups is 2. The Morgan fingerprint density at radius 2 is 1.79 bits per heavy atom.